The molecule has 6 nitrogen and oxygen atoms in total. The number of ether oxygens (including phenoxy) is 2. The molecule has 0 aliphatic carbocycles. The van der Waals surface area contributed by atoms with Crippen molar-refractivity contribution in [3.8, 4) is 11.5 Å². The Hall–Kier alpha value is -3.80. The topological polar surface area (TPSA) is 67.9 Å². The number of rotatable bonds is 13. The van der Waals surface area contributed by atoms with Crippen LogP contribution in [-0.2, 0) is 22.6 Å². The van der Waals surface area contributed by atoms with Crippen LogP contribution in [0.4, 0.5) is 0 Å². The first kappa shape index (κ1) is 27.8. The zero-order chi connectivity index (χ0) is 26.6. The van der Waals surface area contributed by atoms with Crippen molar-refractivity contribution in [3.05, 3.63) is 95.6 Å². The highest BCUT2D eigenvalue weighted by Crippen LogP contribution is 2.19. The second kappa shape index (κ2) is 14.1. The fourth-order valence-corrected chi connectivity index (χ4v) is 4.05. The number of carbonyl (C=O) groups excluding carboxylic acids is 2. The van der Waals surface area contributed by atoms with Crippen molar-refractivity contribution < 1.29 is 19.1 Å². The highest BCUT2D eigenvalue weighted by molar-refractivity contribution is 5.88. The zero-order valence-corrected chi connectivity index (χ0v) is 22.3. The molecule has 0 unspecified atom stereocenters. The molecule has 3 aromatic carbocycles. The SMILES string of the molecule is COc1ccc(OCCCC(=O)N(Cc2ccc(C)cc2)[C@@H](Cc2ccccc2)C(=O)NC(C)C)cc1. The van der Waals surface area contributed by atoms with Gasteiger partial charge in [0.2, 0.25) is 11.8 Å². The van der Waals surface area contributed by atoms with E-state index in [4.69, 9.17) is 9.47 Å². The number of benzene rings is 3. The molecule has 0 saturated carbocycles. The number of nitrogens with one attached hydrogen (secondary N) is 1. The number of carbonyl (C=O) groups is 2. The monoisotopic (exact) mass is 502 g/mol. The molecule has 0 aliphatic heterocycles. The largest absolute Gasteiger partial charge is 0.497 e. The van der Waals surface area contributed by atoms with Gasteiger partial charge in [0.05, 0.1) is 13.7 Å². The first-order valence-electron chi connectivity index (χ1n) is 12.8. The summed E-state index contributed by atoms with van der Waals surface area (Å²) in [6, 6.07) is 24.6. The van der Waals surface area contributed by atoms with E-state index in [-0.39, 0.29) is 24.3 Å². The summed E-state index contributed by atoms with van der Waals surface area (Å²) in [4.78, 5) is 28.7. The predicted molar refractivity (Wildman–Crippen MR) is 147 cm³/mol. The summed E-state index contributed by atoms with van der Waals surface area (Å²) in [6.45, 7) is 6.66. The van der Waals surface area contributed by atoms with Crippen molar-refractivity contribution >= 4 is 11.8 Å². The Balaban J connectivity index is 1.75. The van der Waals surface area contributed by atoms with Crippen molar-refractivity contribution in [2.45, 2.75) is 58.7 Å². The molecule has 3 rings (SSSR count). The molecule has 196 valence electrons. The fraction of sp³-hybridized carbons (Fsp3) is 0.355. The maximum Gasteiger partial charge on any atom is 0.243 e. The molecule has 0 spiro atoms. The summed E-state index contributed by atoms with van der Waals surface area (Å²) in [5.41, 5.74) is 3.15. The molecule has 0 aliphatic rings. The van der Waals surface area contributed by atoms with Crippen LogP contribution in [0.1, 0.15) is 43.4 Å². The maximum absolute atomic E-state index is 13.6. The van der Waals surface area contributed by atoms with Gasteiger partial charge in [0.1, 0.15) is 17.5 Å². The van der Waals surface area contributed by atoms with E-state index in [1.54, 1.807) is 12.0 Å². The van der Waals surface area contributed by atoms with Crippen LogP contribution in [0.3, 0.4) is 0 Å². The van der Waals surface area contributed by atoms with Crippen molar-refractivity contribution in [2.24, 2.45) is 0 Å². The van der Waals surface area contributed by atoms with Gasteiger partial charge in [-0.05, 0) is 62.6 Å². The Morgan fingerprint density at radius 1 is 0.865 bits per heavy atom. The lowest BCUT2D eigenvalue weighted by Gasteiger charge is -2.32. The minimum absolute atomic E-state index is 0.0278. The van der Waals surface area contributed by atoms with Crippen LogP contribution < -0.4 is 14.8 Å². The summed E-state index contributed by atoms with van der Waals surface area (Å²) in [5, 5.41) is 3.02. The average molecular weight is 503 g/mol. The van der Waals surface area contributed by atoms with Gasteiger partial charge in [-0.2, -0.15) is 0 Å². The second-order valence-corrected chi connectivity index (χ2v) is 9.50. The molecule has 0 aromatic heterocycles. The van der Waals surface area contributed by atoms with E-state index in [0.29, 0.717) is 26.0 Å². The highest BCUT2D eigenvalue weighted by Gasteiger charge is 2.30. The Kier molecular flexibility index (Phi) is 10.6. The van der Waals surface area contributed by atoms with Crippen molar-refractivity contribution in [2.75, 3.05) is 13.7 Å². The fourth-order valence-electron chi connectivity index (χ4n) is 4.05. The van der Waals surface area contributed by atoms with Gasteiger partial charge < -0.3 is 19.7 Å². The molecule has 0 heterocycles. The lowest BCUT2D eigenvalue weighted by Crippen LogP contribution is -2.51. The summed E-state index contributed by atoms with van der Waals surface area (Å²) >= 11 is 0. The predicted octanol–water partition coefficient (Wildman–Crippen LogP) is 5.33. The lowest BCUT2D eigenvalue weighted by atomic mass is 10.0. The Morgan fingerprint density at radius 3 is 2.14 bits per heavy atom. The van der Waals surface area contributed by atoms with Crippen LogP contribution in [0.25, 0.3) is 0 Å². The molecular weight excluding hydrogens is 464 g/mol. The molecule has 0 radical (unpaired) electrons. The number of amides is 2. The van der Waals surface area contributed by atoms with Gasteiger partial charge in [0.15, 0.2) is 0 Å². The van der Waals surface area contributed by atoms with E-state index >= 15 is 0 Å². The summed E-state index contributed by atoms with van der Waals surface area (Å²) in [5.74, 6) is 1.27. The summed E-state index contributed by atoms with van der Waals surface area (Å²) < 4.78 is 11.0. The number of methoxy groups -OCH3 is 1. The molecule has 0 bridgehead atoms. The number of hydrogen-bond acceptors (Lipinski definition) is 4. The van der Waals surface area contributed by atoms with Gasteiger partial charge in [-0.25, -0.2) is 0 Å². The number of aryl methyl sites for hydroxylation is 1. The number of hydrogen-bond donors (Lipinski definition) is 1. The third-order valence-corrected chi connectivity index (χ3v) is 6.04. The standard InChI is InChI=1S/C31H38N2O4/c1-23(2)32-31(35)29(21-25-9-6-5-7-10-25)33(22-26-14-12-24(3)13-15-26)30(34)11-8-20-37-28-18-16-27(36-4)17-19-28/h5-7,9-10,12-19,23,29H,8,11,20-22H2,1-4H3,(H,32,35)/t29-/m0/s1. The smallest absolute Gasteiger partial charge is 0.243 e. The molecular formula is C31H38N2O4. The van der Waals surface area contributed by atoms with Crippen LogP contribution in [0, 0.1) is 6.92 Å². The first-order valence-corrected chi connectivity index (χ1v) is 12.8. The van der Waals surface area contributed by atoms with Crippen LogP contribution in [0.2, 0.25) is 0 Å². The Bertz CT molecular complexity index is 1110. The highest BCUT2D eigenvalue weighted by atomic mass is 16.5. The van der Waals surface area contributed by atoms with Gasteiger partial charge in [-0.15, -0.1) is 0 Å². The van der Waals surface area contributed by atoms with Gasteiger partial charge in [-0.1, -0.05) is 60.2 Å². The molecule has 2 amide bonds. The summed E-state index contributed by atoms with van der Waals surface area (Å²) in [6.07, 6.45) is 1.26. The van der Waals surface area contributed by atoms with Gasteiger partial charge in [0, 0.05) is 25.4 Å². The molecule has 1 atom stereocenters. The second-order valence-electron chi connectivity index (χ2n) is 9.50. The Morgan fingerprint density at radius 2 is 1.51 bits per heavy atom. The third kappa shape index (κ3) is 8.98. The van der Waals surface area contributed by atoms with E-state index < -0.39 is 6.04 Å². The normalized spacial score (nSPS) is 11.6. The Labute approximate surface area is 220 Å². The van der Waals surface area contributed by atoms with Gasteiger partial charge in [0.25, 0.3) is 0 Å². The van der Waals surface area contributed by atoms with E-state index in [9.17, 15) is 9.59 Å². The van der Waals surface area contributed by atoms with E-state index in [0.717, 1.165) is 28.2 Å². The first-order chi connectivity index (χ1) is 17.9. The zero-order valence-electron chi connectivity index (χ0n) is 22.3. The average Bonchev–Trinajstić information content (AvgIpc) is 2.90. The van der Waals surface area contributed by atoms with Crippen LogP contribution in [-0.4, -0.2) is 42.5 Å². The third-order valence-electron chi connectivity index (χ3n) is 6.04. The van der Waals surface area contributed by atoms with Crippen LogP contribution >= 0.6 is 0 Å². The van der Waals surface area contributed by atoms with Crippen LogP contribution in [0.5, 0.6) is 11.5 Å². The summed E-state index contributed by atoms with van der Waals surface area (Å²) in [7, 11) is 1.62. The minimum Gasteiger partial charge on any atom is -0.497 e. The lowest BCUT2D eigenvalue weighted by molar-refractivity contribution is -0.141. The molecule has 0 saturated heterocycles. The van der Waals surface area contributed by atoms with E-state index in [1.165, 1.54) is 0 Å². The van der Waals surface area contributed by atoms with Crippen molar-refractivity contribution in [1.29, 1.82) is 0 Å². The maximum atomic E-state index is 13.6. The molecule has 1 N–H and O–H groups in total. The van der Waals surface area contributed by atoms with Gasteiger partial charge >= 0.3 is 0 Å². The van der Waals surface area contributed by atoms with Gasteiger partial charge in [-0.3, -0.25) is 9.59 Å². The quantitative estimate of drug-likeness (QED) is 0.321. The molecule has 37 heavy (non-hydrogen) atoms. The van der Waals surface area contributed by atoms with Crippen LogP contribution in [0.15, 0.2) is 78.9 Å². The van der Waals surface area contributed by atoms with E-state index in [2.05, 4.69) is 5.32 Å². The minimum atomic E-state index is -0.624. The molecule has 0 fully saturated rings. The van der Waals surface area contributed by atoms with Crippen molar-refractivity contribution in [3.63, 3.8) is 0 Å². The van der Waals surface area contributed by atoms with Crippen molar-refractivity contribution in [1.82, 2.24) is 10.2 Å². The molecule has 3 aromatic rings. The molecule has 6 heteroatoms. The van der Waals surface area contributed by atoms with E-state index in [1.807, 2.05) is 99.6 Å². The number of nitrogens with zero attached hydrogens (tertiary/aromatic N) is 1.